The number of pyridine rings is 1. The Morgan fingerprint density at radius 2 is 1.93 bits per heavy atom. The minimum absolute atomic E-state index is 0.341. The number of aliphatic imine (C=N–C) groups is 1. The Morgan fingerprint density at radius 3 is 2.57 bits per heavy atom. The minimum atomic E-state index is -1.000. The SMILES string of the molecule is CCNC(=NCc1ccc(OCCOC)nc1)NCC(C)(O)c1ccccc1. The summed E-state index contributed by atoms with van der Waals surface area (Å²) in [6.07, 6.45) is 1.75. The number of rotatable bonds is 10. The zero-order valence-electron chi connectivity index (χ0n) is 16.8. The molecule has 1 unspecified atom stereocenters. The molecule has 0 spiro atoms. The Bertz CT molecular complexity index is 718. The molecule has 7 heteroatoms. The molecule has 0 saturated carbocycles. The fourth-order valence-electron chi connectivity index (χ4n) is 2.49. The van der Waals surface area contributed by atoms with Crippen molar-refractivity contribution in [2.45, 2.75) is 26.0 Å². The van der Waals surface area contributed by atoms with Crippen LogP contribution in [-0.4, -0.2) is 49.5 Å². The molecule has 0 fully saturated rings. The van der Waals surface area contributed by atoms with Gasteiger partial charge in [0.25, 0.3) is 0 Å². The maximum Gasteiger partial charge on any atom is 0.213 e. The first-order chi connectivity index (χ1) is 13.5. The summed E-state index contributed by atoms with van der Waals surface area (Å²) < 4.78 is 10.4. The van der Waals surface area contributed by atoms with Crippen molar-refractivity contribution in [3.63, 3.8) is 0 Å². The Balaban J connectivity index is 1.92. The van der Waals surface area contributed by atoms with Crippen LogP contribution in [0.3, 0.4) is 0 Å². The fourth-order valence-corrected chi connectivity index (χ4v) is 2.49. The zero-order chi connectivity index (χ0) is 20.2. The molecule has 2 rings (SSSR count). The maximum absolute atomic E-state index is 10.7. The molecule has 152 valence electrons. The first-order valence-corrected chi connectivity index (χ1v) is 9.42. The quantitative estimate of drug-likeness (QED) is 0.329. The summed E-state index contributed by atoms with van der Waals surface area (Å²) >= 11 is 0. The van der Waals surface area contributed by atoms with E-state index in [2.05, 4.69) is 20.6 Å². The first-order valence-electron chi connectivity index (χ1n) is 9.42. The molecule has 28 heavy (non-hydrogen) atoms. The second-order valence-electron chi connectivity index (χ2n) is 6.53. The highest BCUT2D eigenvalue weighted by Gasteiger charge is 2.22. The summed E-state index contributed by atoms with van der Waals surface area (Å²) in [5, 5.41) is 17.1. The summed E-state index contributed by atoms with van der Waals surface area (Å²) in [5.74, 6) is 1.20. The molecule has 0 bridgehead atoms. The Hall–Kier alpha value is -2.64. The molecule has 1 atom stereocenters. The second-order valence-corrected chi connectivity index (χ2v) is 6.53. The van der Waals surface area contributed by atoms with E-state index in [1.807, 2.05) is 49.4 Å². The number of hydrogen-bond acceptors (Lipinski definition) is 5. The summed E-state index contributed by atoms with van der Waals surface area (Å²) in [6, 6.07) is 13.3. The number of methoxy groups -OCH3 is 1. The van der Waals surface area contributed by atoms with Gasteiger partial charge in [0.05, 0.1) is 19.7 Å². The van der Waals surface area contributed by atoms with Crippen molar-refractivity contribution in [2.24, 2.45) is 4.99 Å². The molecule has 0 aliphatic carbocycles. The highest BCUT2D eigenvalue weighted by atomic mass is 16.5. The monoisotopic (exact) mass is 386 g/mol. The van der Waals surface area contributed by atoms with Gasteiger partial charge in [-0.15, -0.1) is 0 Å². The summed E-state index contributed by atoms with van der Waals surface area (Å²) in [6.45, 7) is 6.31. The van der Waals surface area contributed by atoms with E-state index in [0.717, 1.165) is 17.7 Å². The summed E-state index contributed by atoms with van der Waals surface area (Å²) in [5.41, 5.74) is 0.818. The van der Waals surface area contributed by atoms with Gasteiger partial charge in [0.15, 0.2) is 5.96 Å². The van der Waals surface area contributed by atoms with Gasteiger partial charge in [-0.25, -0.2) is 9.98 Å². The smallest absolute Gasteiger partial charge is 0.213 e. The third-order valence-corrected chi connectivity index (χ3v) is 4.09. The molecule has 1 heterocycles. The second kappa shape index (κ2) is 11.3. The number of nitrogens with zero attached hydrogens (tertiary/aromatic N) is 2. The number of benzene rings is 1. The molecular weight excluding hydrogens is 356 g/mol. The Labute approximate surface area is 166 Å². The van der Waals surface area contributed by atoms with Crippen molar-refractivity contribution >= 4 is 5.96 Å². The average molecular weight is 386 g/mol. The van der Waals surface area contributed by atoms with E-state index in [1.165, 1.54) is 0 Å². The normalized spacial score (nSPS) is 13.6. The molecule has 1 aromatic heterocycles. The zero-order valence-corrected chi connectivity index (χ0v) is 16.8. The third-order valence-electron chi connectivity index (χ3n) is 4.09. The van der Waals surface area contributed by atoms with E-state index in [4.69, 9.17) is 9.47 Å². The van der Waals surface area contributed by atoms with Crippen molar-refractivity contribution in [3.8, 4) is 5.88 Å². The highest BCUT2D eigenvalue weighted by Crippen LogP contribution is 2.18. The topological polar surface area (TPSA) is 88.0 Å². The van der Waals surface area contributed by atoms with Gasteiger partial charge in [0.2, 0.25) is 5.88 Å². The maximum atomic E-state index is 10.7. The standard InChI is InChI=1S/C21H30N4O3/c1-4-22-20(25-16-21(2,26)18-8-6-5-7-9-18)24-15-17-10-11-19(23-14-17)28-13-12-27-3/h5-11,14,26H,4,12-13,15-16H2,1-3H3,(H2,22,24,25). The van der Waals surface area contributed by atoms with Crippen LogP contribution in [0.2, 0.25) is 0 Å². The predicted molar refractivity (Wildman–Crippen MR) is 110 cm³/mol. The number of aliphatic hydroxyl groups is 1. The molecule has 0 aliphatic rings. The van der Waals surface area contributed by atoms with Gasteiger partial charge in [-0.05, 0) is 25.0 Å². The van der Waals surface area contributed by atoms with Crippen LogP contribution in [0, 0.1) is 0 Å². The van der Waals surface area contributed by atoms with Crippen LogP contribution in [-0.2, 0) is 16.9 Å². The van der Waals surface area contributed by atoms with Crippen LogP contribution in [0.15, 0.2) is 53.7 Å². The van der Waals surface area contributed by atoms with Crippen LogP contribution >= 0.6 is 0 Å². The van der Waals surface area contributed by atoms with Gasteiger partial charge in [-0.2, -0.15) is 0 Å². The molecular formula is C21H30N4O3. The molecule has 3 N–H and O–H groups in total. The number of ether oxygens (including phenoxy) is 2. The van der Waals surface area contributed by atoms with E-state index >= 15 is 0 Å². The minimum Gasteiger partial charge on any atom is -0.475 e. The van der Waals surface area contributed by atoms with Crippen LogP contribution < -0.4 is 15.4 Å². The molecule has 1 aromatic carbocycles. The van der Waals surface area contributed by atoms with Crippen LogP contribution in [0.4, 0.5) is 0 Å². The van der Waals surface area contributed by atoms with Gasteiger partial charge >= 0.3 is 0 Å². The van der Waals surface area contributed by atoms with E-state index in [9.17, 15) is 5.11 Å². The first kappa shape index (κ1) is 21.7. The van der Waals surface area contributed by atoms with E-state index in [0.29, 0.717) is 38.1 Å². The molecule has 2 aromatic rings. The van der Waals surface area contributed by atoms with Gasteiger partial charge in [0, 0.05) is 25.9 Å². The lowest BCUT2D eigenvalue weighted by atomic mass is 9.96. The van der Waals surface area contributed by atoms with E-state index in [-0.39, 0.29) is 0 Å². The lowest BCUT2D eigenvalue weighted by Gasteiger charge is -2.25. The Kier molecular flexibility index (Phi) is 8.71. The molecule has 0 aliphatic heterocycles. The summed E-state index contributed by atoms with van der Waals surface area (Å²) in [7, 11) is 1.63. The lowest BCUT2D eigenvalue weighted by Crippen LogP contribution is -2.44. The van der Waals surface area contributed by atoms with Crippen LogP contribution in [0.1, 0.15) is 25.0 Å². The molecule has 0 saturated heterocycles. The van der Waals surface area contributed by atoms with Crippen molar-refractivity contribution in [1.82, 2.24) is 15.6 Å². The molecule has 7 nitrogen and oxygen atoms in total. The lowest BCUT2D eigenvalue weighted by molar-refractivity contribution is 0.0617. The largest absolute Gasteiger partial charge is 0.475 e. The van der Waals surface area contributed by atoms with Gasteiger partial charge in [-0.3, -0.25) is 0 Å². The van der Waals surface area contributed by atoms with Crippen LogP contribution in [0.5, 0.6) is 5.88 Å². The van der Waals surface area contributed by atoms with Crippen molar-refractivity contribution < 1.29 is 14.6 Å². The van der Waals surface area contributed by atoms with Gasteiger partial charge in [-0.1, -0.05) is 36.4 Å². The van der Waals surface area contributed by atoms with Crippen molar-refractivity contribution in [2.75, 3.05) is 33.4 Å². The summed E-state index contributed by atoms with van der Waals surface area (Å²) in [4.78, 5) is 8.84. The number of aromatic nitrogens is 1. The highest BCUT2D eigenvalue weighted by molar-refractivity contribution is 5.79. The van der Waals surface area contributed by atoms with Crippen LogP contribution in [0.25, 0.3) is 0 Å². The average Bonchev–Trinajstić information content (AvgIpc) is 2.72. The number of hydrogen-bond donors (Lipinski definition) is 3. The van der Waals surface area contributed by atoms with Crippen molar-refractivity contribution in [3.05, 3.63) is 59.8 Å². The van der Waals surface area contributed by atoms with Gasteiger partial charge < -0.3 is 25.2 Å². The molecule has 0 amide bonds. The number of nitrogens with one attached hydrogen (secondary N) is 2. The number of guanidine groups is 1. The van der Waals surface area contributed by atoms with E-state index < -0.39 is 5.60 Å². The fraction of sp³-hybridized carbons (Fsp3) is 0.429. The van der Waals surface area contributed by atoms with E-state index in [1.54, 1.807) is 20.2 Å². The molecule has 0 radical (unpaired) electrons. The predicted octanol–water partition coefficient (Wildman–Crippen LogP) is 2.07. The Morgan fingerprint density at radius 1 is 1.14 bits per heavy atom. The third kappa shape index (κ3) is 7.17. The van der Waals surface area contributed by atoms with Crippen molar-refractivity contribution in [1.29, 1.82) is 0 Å². The van der Waals surface area contributed by atoms with Gasteiger partial charge in [0.1, 0.15) is 12.2 Å².